The van der Waals surface area contributed by atoms with E-state index in [1.807, 2.05) is 29.2 Å². The van der Waals surface area contributed by atoms with E-state index in [0.717, 1.165) is 56.3 Å². The van der Waals surface area contributed by atoms with Crippen LogP contribution >= 0.6 is 11.6 Å². The van der Waals surface area contributed by atoms with E-state index < -0.39 is 0 Å². The van der Waals surface area contributed by atoms with E-state index in [2.05, 4.69) is 4.90 Å². The zero-order chi connectivity index (χ0) is 13.9. The maximum atomic E-state index is 12.3. The number of rotatable bonds is 2. The monoisotopic (exact) mass is 294 g/mol. The summed E-state index contributed by atoms with van der Waals surface area (Å²) < 4.78 is 5.47. The van der Waals surface area contributed by atoms with Crippen LogP contribution in [0.2, 0.25) is 5.02 Å². The fourth-order valence-corrected chi connectivity index (χ4v) is 3.11. The zero-order valence-electron chi connectivity index (χ0n) is 11.4. The molecule has 2 fully saturated rings. The summed E-state index contributed by atoms with van der Waals surface area (Å²) in [5.41, 5.74) is 1.05. The van der Waals surface area contributed by atoms with Gasteiger partial charge in [-0.1, -0.05) is 23.7 Å². The van der Waals surface area contributed by atoms with E-state index >= 15 is 0 Å². The first-order chi connectivity index (χ1) is 9.75. The lowest BCUT2D eigenvalue weighted by Crippen LogP contribution is -2.51. The third-order valence-corrected chi connectivity index (χ3v) is 4.31. The molecule has 1 unspecified atom stereocenters. The Hall–Kier alpha value is -1.26. The Balaban J connectivity index is 1.59. The van der Waals surface area contributed by atoms with Crippen LogP contribution in [0.4, 0.5) is 5.69 Å². The van der Waals surface area contributed by atoms with E-state index in [9.17, 15) is 4.79 Å². The fraction of sp³-hybridized carbons (Fsp3) is 0.533. The molecule has 5 heteroatoms. The number of nitrogens with zero attached hydrogens (tertiary/aromatic N) is 2. The van der Waals surface area contributed by atoms with Gasteiger partial charge in [0.1, 0.15) is 6.10 Å². The number of hydrogen-bond acceptors (Lipinski definition) is 3. The Morgan fingerprint density at radius 1 is 1.20 bits per heavy atom. The quantitative estimate of drug-likeness (QED) is 0.838. The fourth-order valence-electron chi connectivity index (χ4n) is 2.85. The minimum Gasteiger partial charge on any atom is -0.368 e. The first-order valence-electron chi connectivity index (χ1n) is 7.15. The Kier molecular flexibility index (Phi) is 4.13. The van der Waals surface area contributed by atoms with Crippen molar-refractivity contribution in [2.45, 2.75) is 18.9 Å². The number of benzene rings is 1. The lowest BCUT2D eigenvalue weighted by atomic mass is 10.2. The topological polar surface area (TPSA) is 32.8 Å². The van der Waals surface area contributed by atoms with Crippen LogP contribution in [0.5, 0.6) is 0 Å². The Bertz CT molecular complexity index is 481. The summed E-state index contributed by atoms with van der Waals surface area (Å²) in [5, 5.41) is 0.770. The van der Waals surface area contributed by atoms with Crippen molar-refractivity contribution >= 4 is 23.2 Å². The van der Waals surface area contributed by atoms with Crippen molar-refractivity contribution in [2.24, 2.45) is 0 Å². The van der Waals surface area contributed by atoms with Crippen molar-refractivity contribution in [3.8, 4) is 0 Å². The lowest BCUT2D eigenvalue weighted by molar-refractivity contribution is -0.141. The van der Waals surface area contributed by atoms with Gasteiger partial charge in [0.15, 0.2) is 0 Å². The largest absolute Gasteiger partial charge is 0.368 e. The van der Waals surface area contributed by atoms with E-state index in [-0.39, 0.29) is 12.0 Å². The van der Waals surface area contributed by atoms with Gasteiger partial charge in [0.05, 0.1) is 10.7 Å². The first kappa shape index (κ1) is 13.7. The maximum absolute atomic E-state index is 12.3. The second-order valence-corrected chi connectivity index (χ2v) is 5.67. The van der Waals surface area contributed by atoms with Gasteiger partial charge in [-0.05, 0) is 25.0 Å². The van der Waals surface area contributed by atoms with Crippen LogP contribution in [-0.4, -0.2) is 49.7 Å². The molecule has 1 atom stereocenters. The zero-order valence-corrected chi connectivity index (χ0v) is 12.2. The molecule has 1 amide bonds. The van der Waals surface area contributed by atoms with Gasteiger partial charge in [-0.3, -0.25) is 4.79 Å². The molecule has 0 N–H and O–H groups in total. The van der Waals surface area contributed by atoms with E-state index in [4.69, 9.17) is 16.3 Å². The van der Waals surface area contributed by atoms with Crippen LogP contribution in [0.1, 0.15) is 12.8 Å². The molecule has 1 aromatic carbocycles. The predicted molar refractivity (Wildman–Crippen MR) is 79.2 cm³/mol. The number of amides is 1. The van der Waals surface area contributed by atoms with E-state index in [1.54, 1.807) is 0 Å². The van der Waals surface area contributed by atoms with Gasteiger partial charge < -0.3 is 14.5 Å². The van der Waals surface area contributed by atoms with Crippen LogP contribution in [-0.2, 0) is 9.53 Å². The van der Waals surface area contributed by atoms with Gasteiger partial charge in [0.2, 0.25) is 0 Å². The lowest BCUT2D eigenvalue weighted by Gasteiger charge is -2.37. The third kappa shape index (κ3) is 2.76. The number of anilines is 1. The average Bonchev–Trinajstić information content (AvgIpc) is 3.01. The van der Waals surface area contributed by atoms with Crippen LogP contribution in [0.25, 0.3) is 0 Å². The van der Waals surface area contributed by atoms with Crippen molar-refractivity contribution in [3.63, 3.8) is 0 Å². The molecule has 0 bridgehead atoms. The standard InChI is InChI=1S/C15H19ClN2O2/c16-12-4-1-2-5-13(12)17-7-9-18(10-8-17)15(19)14-6-3-11-20-14/h1-2,4-5,14H,3,6-11H2. The summed E-state index contributed by atoms with van der Waals surface area (Å²) in [6.45, 7) is 3.84. The molecule has 0 aromatic heterocycles. The number of para-hydroxylation sites is 1. The van der Waals surface area contributed by atoms with Gasteiger partial charge in [0, 0.05) is 32.8 Å². The molecule has 2 aliphatic heterocycles. The Morgan fingerprint density at radius 3 is 2.60 bits per heavy atom. The van der Waals surface area contributed by atoms with Crippen LogP contribution in [0.15, 0.2) is 24.3 Å². The van der Waals surface area contributed by atoms with Gasteiger partial charge in [-0.2, -0.15) is 0 Å². The SMILES string of the molecule is O=C(C1CCCO1)N1CCN(c2ccccc2Cl)CC1. The molecule has 0 saturated carbocycles. The van der Waals surface area contributed by atoms with Crippen LogP contribution in [0, 0.1) is 0 Å². The van der Waals surface area contributed by atoms with Crippen LogP contribution in [0.3, 0.4) is 0 Å². The predicted octanol–water partition coefficient (Wildman–Crippen LogP) is 2.17. The van der Waals surface area contributed by atoms with Crippen molar-refractivity contribution < 1.29 is 9.53 Å². The Morgan fingerprint density at radius 2 is 1.95 bits per heavy atom. The summed E-state index contributed by atoms with van der Waals surface area (Å²) in [5.74, 6) is 0.154. The van der Waals surface area contributed by atoms with Gasteiger partial charge in [-0.15, -0.1) is 0 Å². The summed E-state index contributed by atoms with van der Waals surface area (Å²) >= 11 is 6.22. The molecular formula is C15H19ClN2O2. The molecule has 4 nitrogen and oxygen atoms in total. The molecule has 2 heterocycles. The van der Waals surface area contributed by atoms with Crippen molar-refractivity contribution in [1.29, 1.82) is 0 Å². The van der Waals surface area contributed by atoms with Gasteiger partial charge >= 0.3 is 0 Å². The average molecular weight is 295 g/mol. The molecule has 2 saturated heterocycles. The van der Waals surface area contributed by atoms with E-state index in [0.29, 0.717) is 0 Å². The molecule has 0 radical (unpaired) electrons. The molecule has 3 rings (SSSR count). The number of piperazine rings is 1. The van der Waals surface area contributed by atoms with Crippen molar-refractivity contribution in [3.05, 3.63) is 29.3 Å². The minimum absolute atomic E-state index is 0.154. The molecule has 2 aliphatic rings. The molecule has 0 aliphatic carbocycles. The number of carbonyl (C=O) groups excluding carboxylic acids is 1. The van der Waals surface area contributed by atoms with Crippen molar-refractivity contribution in [2.75, 3.05) is 37.7 Å². The number of ether oxygens (including phenoxy) is 1. The Labute approximate surface area is 124 Å². The summed E-state index contributed by atoms with van der Waals surface area (Å²) in [4.78, 5) is 16.4. The highest BCUT2D eigenvalue weighted by atomic mass is 35.5. The second-order valence-electron chi connectivity index (χ2n) is 5.27. The smallest absolute Gasteiger partial charge is 0.251 e. The minimum atomic E-state index is -0.207. The molecular weight excluding hydrogens is 276 g/mol. The van der Waals surface area contributed by atoms with Gasteiger partial charge in [0.25, 0.3) is 5.91 Å². The maximum Gasteiger partial charge on any atom is 0.251 e. The highest BCUT2D eigenvalue weighted by Crippen LogP contribution is 2.26. The molecule has 20 heavy (non-hydrogen) atoms. The van der Waals surface area contributed by atoms with Crippen molar-refractivity contribution in [1.82, 2.24) is 4.90 Å². The number of halogens is 1. The molecule has 108 valence electrons. The molecule has 1 aromatic rings. The normalized spacial score (nSPS) is 23.1. The first-order valence-corrected chi connectivity index (χ1v) is 7.53. The summed E-state index contributed by atoms with van der Waals surface area (Å²) in [7, 11) is 0. The highest BCUT2D eigenvalue weighted by Gasteiger charge is 2.30. The molecule has 0 spiro atoms. The third-order valence-electron chi connectivity index (χ3n) is 3.99. The highest BCUT2D eigenvalue weighted by molar-refractivity contribution is 6.33. The van der Waals surface area contributed by atoms with Crippen LogP contribution < -0.4 is 4.90 Å². The second kappa shape index (κ2) is 6.02. The van der Waals surface area contributed by atoms with E-state index in [1.165, 1.54) is 0 Å². The number of hydrogen-bond donors (Lipinski definition) is 0. The van der Waals surface area contributed by atoms with Gasteiger partial charge in [-0.25, -0.2) is 0 Å². The number of carbonyl (C=O) groups is 1. The summed E-state index contributed by atoms with van der Waals surface area (Å²) in [6.07, 6.45) is 1.65. The summed E-state index contributed by atoms with van der Waals surface area (Å²) in [6, 6.07) is 7.86.